The Balaban J connectivity index is 2.54. The van der Waals surface area contributed by atoms with E-state index in [9.17, 15) is 9.90 Å². The molecule has 0 unspecified atom stereocenters. The van der Waals surface area contributed by atoms with Crippen molar-refractivity contribution in [2.45, 2.75) is 24.3 Å². The van der Waals surface area contributed by atoms with Crippen molar-refractivity contribution in [2.24, 2.45) is 0 Å². The Morgan fingerprint density at radius 3 is 2.56 bits per heavy atom. The Kier molecular flexibility index (Phi) is 5.35. The monoisotopic (exact) mass is 240 g/mol. The fourth-order valence-electron chi connectivity index (χ4n) is 1.22. The first-order valence-corrected chi connectivity index (χ1v) is 6.13. The summed E-state index contributed by atoms with van der Waals surface area (Å²) in [6, 6.07) is 7.57. The Bertz CT molecular complexity index is 335. The third-order valence-corrected chi connectivity index (χ3v) is 3.22. The van der Waals surface area contributed by atoms with E-state index < -0.39 is 6.10 Å². The van der Waals surface area contributed by atoms with Gasteiger partial charge in [-0.3, -0.25) is 4.79 Å². The molecule has 4 heteroatoms. The van der Waals surface area contributed by atoms with Crippen molar-refractivity contribution in [1.29, 1.82) is 0 Å². The minimum Gasteiger partial charge on any atom is -0.468 e. The van der Waals surface area contributed by atoms with Crippen LogP contribution in [-0.4, -0.2) is 23.9 Å². The van der Waals surface area contributed by atoms with E-state index in [1.54, 1.807) is 0 Å². The number of benzene rings is 1. The molecule has 3 nitrogen and oxygen atoms in total. The number of carbonyl (C=O) groups is 1. The molecule has 88 valence electrons. The molecule has 1 aromatic carbocycles. The lowest BCUT2D eigenvalue weighted by atomic mass is 10.1. The van der Waals surface area contributed by atoms with Gasteiger partial charge in [0.25, 0.3) is 0 Å². The second-order valence-electron chi connectivity index (χ2n) is 3.36. The standard InChI is InChI=1S/C12H16O3S/c1-3-11(13)9-4-6-10(7-5-9)16-8-12(14)15-2/h4-7,11,13H,3,8H2,1-2H3/t11-/m0/s1. The van der Waals surface area contributed by atoms with Crippen molar-refractivity contribution in [3.05, 3.63) is 29.8 Å². The smallest absolute Gasteiger partial charge is 0.315 e. The largest absolute Gasteiger partial charge is 0.468 e. The second kappa shape index (κ2) is 6.55. The van der Waals surface area contributed by atoms with Gasteiger partial charge in [0.1, 0.15) is 0 Å². The maximum atomic E-state index is 10.9. The minimum atomic E-state index is -0.403. The van der Waals surface area contributed by atoms with E-state index >= 15 is 0 Å². The predicted octanol–water partition coefficient (Wildman–Crippen LogP) is 2.40. The summed E-state index contributed by atoms with van der Waals surface area (Å²) in [4.78, 5) is 11.9. The van der Waals surface area contributed by atoms with Crippen LogP contribution >= 0.6 is 11.8 Å². The normalized spacial score (nSPS) is 12.2. The predicted molar refractivity (Wildman–Crippen MR) is 64.4 cm³/mol. The van der Waals surface area contributed by atoms with E-state index in [1.807, 2.05) is 31.2 Å². The molecule has 0 spiro atoms. The summed E-state index contributed by atoms with van der Waals surface area (Å²) < 4.78 is 4.55. The van der Waals surface area contributed by atoms with Crippen LogP contribution in [0.3, 0.4) is 0 Å². The van der Waals surface area contributed by atoms with E-state index in [0.717, 1.165) is 10.5 Å². The van der Waals surface area contributed by atoms with Gasteiger partial charge in [-0.05, 0) is 24.1 Å². The van der Waals surface area contributed by atoms with Gasteiger partial charge in [0.2, 0.25) is 0 Å². The lowest BCUT2D eigenvalue weighted by Gasteiger charge is -2.08. The first kappa shape index (κ1) is 13.1. The highest BCUT2D eigenvalue weighted by molar-refractivity contribution is 8.00. The van der Waals surface area contributed by atoms with Crippen LogP contribution in [0.1, 0.15) is 25.0 Å². The number of aliphatic hydroxyl groups is 1. The number of ether oxygens (including phenoxy) is 1. The summed E-state index contributed by atoms with van der Waals surface area (Å²) in [5, 5.41) is 9.60. The number of carbonyl (C=O) groups excluding carboxylic acids is 1. The van der Waals surface area contributed by atoms with E-state index in [4.69, 9.17) is 0 Å². The van der Waals surface area contributed by atoms with Crippen molar-refractivity contribution >= 4 is 17.7 Å². The fraction of sp³-hybridized carbons (Fsp3) is 0.417. The molecule has 1 N–H and O–H groups in total. The van der Waals surface area contributed by atoms with E-state index in [1.165, 1.54) is 18.9 Å². The maximum Gasteiger partial charge on any atom is 0.315 e. The van der Waals surface area contributed by atoms with Crippen molar-refractivity contribution in [3.63, 3.8) is 0 Å². The van der Waals surface area contributed by atoms with Crippen LogP contribution in [0.5, 0.6) is 0 Å². The summed E-state index contributed by atoms with van der Waals surface area (Å²) in [5.41, 5.74) is 0.907. The van der Waals surface area contributed by atoms with Gasteiger partial charge in [0, 0.05) is 4.90 Å². The summed E-state index contributed by atoms with van der Waals surface area (Å²) >= 11 is 1.42. The Morgan fingerprint density at radius 1 is 1.44 bits per heavy atom. The summed E-state index contributed by atoms with van der Waals surface area (Å²) in [7, 11) is 1.38. The lowest BCUT2D eigenvalue weighted by Crippen LogP contribution is -2.02. The molecule has 0 amide bonds. The highest BCUT2D eigenvalue weighted by Gasteiger charge is 2.05. The van der Waals surface area contributed by atoms with Gasteiger partial charge in [-0.1, -0.05) is 19.1 Å². The maximum absolute atomic E-state index is 10.9. The molecule has 1 rings (SSSR count). The van der Waals surface area contributed by atoms with Gasteiger partial charge >= 0.3 is 5.97 Å². The van der Waals surface area contributed by atoms with Gasteiger partial charge in [-0.25, -0.2) is 0 Å². The third kappa shape index (κ3) is 3.87. The molecule has 0 aliphatic rings. The van der Waals surface area contributed by atoms with Gasteiger partial charge in [0.05, 0.1) is 19.0 Å². The molecule has 0 aromatic heterocycles. The van der Waals surface area contributed by atoms with Gasteiger partial charge < -0.3 is 9.84 Å². The molecule has 0 radical (unpaired) electrons. The zero-order chi connectivity index (χ0) is 12.0. The van der Waals surface area contributed by atoms with E-state index in [-0.39, 0.29) is 5.97 Å². The van der Waals surface area contributed by atoms with Crippen LogP contribution in [0.2, 0.25) is 0 Å². The molecule has 0 aliphatic carbocycles. The first-order valence-electron chi connectivity index (χ1n) is 5.15. The van der Waals surface area contributed by atoms with Crippen LogP contribution in [0, 0.1) is 0 Å². The van der Waals surface area contributed by atoms with Crippen LogP contribution in [0.15, 0.2) is 29.2 Å². The quantitative estimate of drug-likeness (QED) is 0.634. The number of aliphatic hydroxyl groups excluding tert-OH is 1. The van der Waals surface area contributed by atoms with Crippen LogP contribution in [0.4, 0.5) is 0 Å². The minimum absolute atomic E-state index is 0.234. The molecule has 0 saturated carbocycles. The second-order valence-corrected chi connectivity index (χ2v) is 4.41. The molecule has 0 aliphatic heterocycles. The van der Waals surface area contributed by atoms with Crippen molar-refractivity contribution in [2.75, 3.05) is 12.9 Å². The van der Waals surface area contributed by atoms with Crippen LogP contribution in [-0.2, 0) is 9.53 Å². The number of rotatable bonds is 5. The van der Waals surface area contributed by atoms with Crippen molar-refractivity contribution in [1.82, 2.24) is 0 Å². The van der Waals surface area contributed by atoms with E-state index in [2.05, 4.69) is 4.74 Å². The fourth-order valence-corrected chi connectivity index (χ4v) is 1.95. The molecule has 0 saturated heterocycles. The molecular formula is C12H16O3S. The van der Waals surface area contributed by atoms with Crippen molar-refractivity contribution in [3.8, 4) is 0 Å². The average molecular weight is 240 g/mol. The molecule has 1 aromatic rings. The Morgan fingerprint density at radius 2 is 2.06 bits per heavy atom. The topological polar surface area (TPSA) is 46.5 Å². The Labute approximate surface area is 99.8 Å². The zero-order valence-electron chi connectivity index (χ0n) is 9.47. The SMILES string of the molecule is CC[C@H](O)c1ccc(SCC(=O)OC)cc1. The first-order chi connectivity index (χ1) is 7.67. The molecule has 16 heavy (non-hydrogen) atoms. The lowest BCUT2D eigenvalue weighted by molar-refractivity contribution is -0.137. The molecule has 1 atom stereocenters. The Hall–Kier alpha value is -1.00. The van der Waals surface area contributed by atoms with Gasteiger partial charge in [-0.15, -0.1) is 11.8 Å². The van der Waals surface area contributed by atoms with Crippen LogP contribution in [0.25, 0.3) is 0 Å². The summed E-state index contributed by atoms with van der Waals surface area (Å²) in [5.74, 6) is 0.0780. The number of methoxy groups -OCH3 is 1. The molecule has 0 bridgehead atoms. The number of hydrogen-bond acceptors (Lipinski definition) is 4. The van der Waals surface area contributed by atoms with E-state index in [0.29, 0.717) is 12.2 Å². The molecule has 0 fully saturated rings. The van der Waals surface area contributed by atoms with Gasteiger partial charge in [-0.2, -0.15) is 0 Å². The summed E-state index contributed by atoms with van der Waals surface area (Å²) in [6.45, 7) is 1.94. The number of esters is 1. The third-order valence-electron chi connectivity index (χ3n) is 2.24. The molecule has 0 heterocycles. The highest BCUT2D eigenvalue weighted by Crippen LogP contribution is 2.22. The number of hydrogen-bond donors (Lipinski definition) is 1. The average Bonchev–Trinajstić information content (AvgIpc) is 2.35. The number of thioether (sulfide) groups is 1. The highest BCUT2D eigenvalue weighted by atomic mass is 32.2. The van der Waals surface area contributed by atoms with Crippen LogP contribution < -0.4 is 0 Å². The summed E-state index contributed by atoms with van der Waals surface area (Å²) in [6.07, 6.45) is 0.300. The molecular weight excluding hydrogens is 224 g/mol. The zero-order valence-corrected chi connectivity index (χ0v) is 10.3. The van der Waals surface area contributed by atoms with Gasteiger partial charge in [0.15, 0.2) is 0 Å². The van der Waals surface area contributed by atoms with Crippen molar-refractivity contribution < 1.29 is 14.6 Å².